The molecule has 0 aromatic carbocycles. The molecule has 2 N–H and O–H groups in total. The van der Waals surface area contributed by atoms with Crippen molar-refractivity contribution in [3.05, 3.63) is 18.1 Å². The highest BCUT2D eigenvalue weighted by Crippen LogP contribution is 2.08. The Morgan fingerprint density at radius 2 is 2.12 bits per heavy atom. The maximum absolute atomic E-state index is 5.83. The second kappa shape index (κ2) is 6.40. The van der Waals surface area contributed by atoms with Gasteiger partial charge in [-0.2, -0.15) is 0 Å². The van der Waals surface area contributed by atoms with E-state index < -0.39 is 0 Å². The van der Waals surface area contributed by atoms with E-state index in [4.69, 9.17) is 15.2 Å². The fourth-order valence-corrected chi connectivity index (χ4v) is 1.32. The van der Waals surface area contributed by atoms with E-state index in [-0.39, 0.29) is 12.1 Å². The van der Waals surface area contributed by atoms with Gasteiger partial charge in [-0.25, -0.2) is 4.98 Å². The molecule has 5 nitrogen and oxygen atoms in total. The number of methoxy groups -OCH3 is 1. The van der Waals surface area contributed by atoms with Crippen LogP contribution in [0.3, 0.4) is 0 Å². The Kier molecular flexibility index (Phi) is 5.14. The monoisotopic (exact) mass is 225 g/mol. The molecule has 0 aliphatic heterocycles. The minimum absolute atomic E-state index is 0.0615. The van der Waals surface area contributed by atoms with E-state index in [0.29, 0.717) is 18.9 Å². The molecule has 5 heteroatoms. The van der Waals surface area contributed by atoms with Crippen LogP contribution in [-0.2, 0) is 11.2 Å². The molecule has 0 bridgehead atoms. The first-order valence-electron chi connectivity index (χ1n) is 5.34. The average molecular weight is 225 g/mol. The van der Waals surface area contributed by atoms with Crippen LogP contribution in [0.2, 0.25) is 0 Å². The summed E-state index contributed by atoms with van der Waals surface area (Å²) in [7, 11) is 1.63. The highest BCUT2D eigenvalue weighted by Gasteiger charge is 2.07. The average Bonchev–Trinajstić information content (AvgIpc) is 2.17. The molecule has 0 spiro atoms. The van der Waals surface area contributed by atoms with Crippen molar-refractivity contribution in [3.63, 3.8) is 0 Å². The van der Waals surface area contributed by atoms with Gasteiger partial charge in [0.05, 0.1) is 24.6 Å². The standard InChI is InChI=1S/C11H19N3O2/c1-8(2)16-11-6-13-5-10(14-11)4-9(12)7-15-3/h5-6,8-9H,4,7,12H2,1-3H3. The summed E-state index contributed by atoms with van der Waals surface area (Å²) in [5.41, 5.74) is 6.66. The van der Waals surface area contributed by atoms with Crippen molar-refractivity contribution < 1.29 is 9.47 Å². The van der Waals surface area contributed by atoms with Gasteiger partial charge in [-0.15, -0.1) is 0 Å². The second-order valence-corrected chi connectivity index (χ2v) is 3.93. The van der Waals surface area contributed by atoms with Crippen LogP contribution in [0.1, 0.15) is 19.5 Å². The molecule has 0 aliphatic rings. The molecule has 0 saturated carbocycles. The number of ether oxygens (including phenoxy) is 2. The molecule has 0 aliphatic carbocycles. The molecule has 0 fully saturated rings. The van der Waals surface area contributed by atoms with Crippen LogP contribution in [0.4, 0.5) is 0 Å². The summed E-state index contributed by atoms with van der Waals surface area (Å²) in [6.07, 6.45) is 4.03. The molecule has 1 atom stereocenters. The summed E-state index contributed by atoms with van der Waals surface area (Å²) >= 11 is 0. The lowest BCUT2D eigenvalue weighted by molar-refractivity contribution is 0.179. The minimum atomic E-state index is -0.0615. The summed E-state index contributed by atoms with van der Waals surface area (Å²) in [6.45, 7) is 4.41. The lowest BCUT2D eigenvalue weighted by Gasteiger charge is -2.11. The highest BCUT2D eigenvalue weighted by atomic mass is 16.5. The molecule has 0 radical (unpaired) electrons. The van der Waals surface area contributed by atoms with Gasteiger partial charge < -0.3 is 15.2 Å². The van der Waals surface area contributed by atoms with E-state index in [2.05, 4.69) is 9.97 Å². The van der Waals surface area contributed by atoms with Gasteiger partial charge in [-0.1, -0.05) is 0 Å². The normalized spacial score (nSPS) is 12.8. The first kappa shape index (κ1) is 12.9. The Morgan fingerprint density at radius 1 is 1.38 bits per heavy atom. The van der Waals surface area contributed by atoms with Gasteiger partial charge in [0.15, 0.2) is 0 Å². The Balaban J connectivity index is 2.59. The number of rotatable bonds is 6. The van der Waals surface area contributed by atoms with Crippen LogP contribution in [0.15, 0.2) is 12.4 Å². The molecule has 1 unspecified atom stereocenters. The first-order chi connectivity index (χ1) is 7.61. The summed E-state index contributed by atoms with van der Waals surface area (Å²) < 4.78 is 10.4. The fraction of sp³-hybridized carbons (Fsp3) is 0.636. The lowest BCUT2D eigenvalue weighted by Crippen LogP contribution is -2.28. The molecule has 1 rings (SSSR count). The first-order valence-corrected chi connectivity index (χ1v) is 5.34. The van der Waals surface area contributed by atoms with Crippen molar-refractivity contribution in [2.24, 2.45) is 5.73 Å². The number of hydrogen-bond acceptors (Lipinski definition) is 5. The Bertz CT molecular complexity index is 318. The fourth-order valence-electron chi connectivity index (χ4n) is 1.32. The van der Waals surface area contributed by atoms with Crippen LogP contribution in [0.5, 0.6) is 5.88 Å². The number of aromatic nitrogens is 2. The zero-order chi connectivity index (χ0) is 12.0. The number of hydrogen-bond donors (Lipinski definition) is 1. The van der Waals surface area contributed by atoms with Crippen molar-refractivity contribution in [3.8, 4) is 5.88 Å². The second-order valence-electron chi connectivity index (χ2n) is 3.93. The van der Waals surface area contributed by atoms with Gasteiger partial charge in [-0.3, -0.25) is 4.98 Å². The third kappa shape index (κ3) is 4.55. The van der Waals surface area contributed by atoms with Crippen LogP contribution in [0.25, 0.3) is 0 Å². The number of nitrogens with two attached hydrogens (primary N) is 1. The van der Waals surface area contributed by atoms with Crippen LogP contribution in [-0.4, -0.2) is 35.8 Å². The van der Waals surface area contributed by atoms with Gasteiger partial charge in [-0.05, 0) is 13.8 Å². The van der Waals surface area contributed by atoms with Gasteiger partial charge in [0.1, 0.15) is 0 Å². The van der Waals surface area contributed by atoms with Crippen LogP contribution < -0.4 is 10.5 Å². The van der Waals surface area contributed by atoms with E-state index in [1.54, 1.807) is 19.5 Å². The maximum Gasteiger partial charge on any atom is 0.232 e. The summed E-state index contributed by atoms with van der Waals surface area (Å²) in [4.78, 5) is 8.38. The largest absolute Gasteiger partial charge is 0.474 e. The van der Waals surface area contributed by atoms with E-state index >= 15 is 0 Å². The van der Waals surface area contributed by atoms with Crippen molar-refractivity contribution in [1.82, 2.24) is 9.97 Å². The predicted octanol–water partition coefficient (Wildman–Crippen LogP) is 0.780. The van der Waals surface area contributed by atoms with Gasteiger partial charge in [0, 0.05) is 25.8 Å². The Labute approximate surface area is 96.0 Å². The van der Waals surface area contributed by atoms with E-state index in [0.717, 1.165) is 5.69 Å². The smallest absolute Gasteiger partial charge is 0.232 e. The third-order valence-corrected chi connectivity index (χ3v) is 1.87. The van der Waals surface area contributed by atoms with E-state index in [9.17, 15) is 0 Å². The predicted molar refractivity (Wildman–Crippen MR) is 61.4 cm³/mol. The van der Waals surface area contributed by atoms with Crippen LogP contribution in [0, 0.1) is 0 Å². The quantitative estimate of drug-likeness (QED) is 0.774. The highest BCUT2D eigenvalue weighted by molar-refractivity contribution is 5.09. The van der Waals surface area contributed by atoms with Gasteiger partial charge in [0.25, 0.3) is 0 Å². The third-order valence-electron chi connectivity index (χ3n) is 1.87. The minimum Gasteiger partial charge on any atom is -0.474 e. The van der Waals surface area contributed by atoms with Crippen molar-refractivity contribution >= 4 is 0 Å². The molecule has 0 amide bonds. The molecule has 90 valence electrons. The number of nitrogens with zero attached hydrogens (tertiary/aromatic N) is 2. The van der Waals surface area contributed by atoms with E-state index in [1.807, 2.05) is 13.8 Å². The Hall–Kier alpha value is -1.20. The van der Waals surface area contributed by atoms with Gasteiger partial charge in [0.2, 0.25) is 5.88 Å². The molecule has 16 heavy (non-hydrogen) atoms. The summed E-state index contributed by atoms with van der Waals surface area (Å²) in [5.74, 6) is 0.539. The molecular weight excluding hydrogens is 206 g/mol. The topological polar surface area (TPSA) is 70.3 Å². The molecular formula is C11H19N3O2. The molecule has 1 aromatic rings. The SMILES string of the molecule is COCC(N)Cc1cncc(OC(C)C)n1. The summed E-state index contributed by atoms with van der Waals surface area (Å²) in [6, 6.07) is -0.0615. The lowest BCUT2D eigenvalue weighted by atomic mass is 10.2. The van der Waals surface area contributed by atoms with Crippen molar-refractivity contribution in [1.29, 1.82) is 0 Å². The summed E-state index contributed by atoms with van der Waals surface area (Å²) in [5, 5.41) is 0. The van der Waals surface area contributed by atoms with E-state index in [1.165, 1.54) is 0 Å². The maximum atomic E-state index is 5.83. The molecule has 1 heterocycles. The molecule has 0 saturated heterocycles. The molecule has 1 aromatic heterocycles. The van der Waals surface area contributed by atoms with Crippen molar-refractivity contribution in [2.45, 2.75) is 32.4 Å². The Morgan fingerprint density at radius 3 is 2.75 bits per heavy atom. The van der Waals surface area contributed by atoms with Crippen LogP contribution >= 0.6 is 0 Å². The van der Waals surface area contributed by atoms with Crippen molar-refractivity contribution in [2.75, 3.05) is 13.7 Å². The zero-order valence-electron chi connectivity index (χ0n) is 10.0. The zero-order valence-corrected chi connectivity index (χ0v) is 10.0. The van der Waals surface area contributed by atoms with Gasteiger partial charge >= 0.3 is 0 Å².